The lowest BCUT2D eigenvalue weighted by atomic mass is 9.77. The molecule has 13 atom stereocenters. The maximum Gasteiger partial charge on any atom is 0.311 e. The van der Waals surface area contributed by atoms with E-state index in [1.807, 2.05) is 46.8 Å². The molecule has 1 aliphatic carbocycles. The first-order valence-electron chi connectivity index (χ1n) is 16.8. The van der Waals surface area contributed by atoms with Crippen LogP contribution in [0.1, 0.15) is 88.0 Å². The van der Waals surface area contributed by atoms with Crippen molar-refractivity contribution in [2.75, 3.05) is 34.8 Å². The maximum absolute atomic E-state index is 13.6. The van der Waals surface area contributed by atoms with Gasteiger partial charge in [-0.25, -0.2) is 0 Å². The first-order chi connectivity index (χ1) is 20.7. The number of hydrogen-bond donors (Lipinski definition) is 2. The van der Waals surface area contributed by atoms with Gasteiger partial charge in [0.25, 0.3) is 0 Å². The number of likely N-dealkylation sites (N-methyl/N-ethyl adjacent to an activating group) is 2. The van der Waals surface area contributed by atoms with Crippen LogP contribution in [0.3, 0.4) is 0 Å². The summed E-state index contributed by atoms with van der Waals surface area (Å²) in [5.41, 5.74) is -3.22. The van der Waals surface area contributed by atoms with Crippen LogP contribution in [-0.4, -0.2) is 120 Å². The molecule has 0 spiro atoms. The molecule has 1 aliphatic heterocycles. The van der Waals surface area contributed by atoms with Gasteiger partial charge in [0.2, 0.25) is 0 Å². The van der Waals surface area contributed by atoms with Crippen molar-refractivity contribution in [1.82, 2.24) is 9.80 Å². The van der Waals surface area contributed by atoms with Crippen molar-refractivity contribution in [3.63, 3.8) is 0 Å². The van der Waals surface area contributed by atoms with E-state index in [0.717, 1.165) is 12.8 Å². The van der Waals surface area contributed by atoms with Crippen LogP contribution < -0.4 is 0 Å². The number of methoxy groups -OCH3 is 1. The molecule has 2 fully saturated rings. The number of ether oxygens (including phenoxy) is 4. The minimum Gasteiger partial charge on any atom is -0.491 e. The van der Waals surface area contributed by atoms with Gasteiger partial charge in [0.05, 0.1) is 41.6 Å². The largest absolute Gasteiger partial charge is 0.491 e. The second-order valence-corrected chi connectivity index (χ2v) is 15.0. The first-order valence-corrected chi connectivity index (χ1v) is 16.8. The molecule has 2 aliphatic rings. The summed E-state index contributed by atoms with van der Waals surface area (Å²) in [6, 6.07) is -0.567. The van der Waals surface area contributed by atoms with E-state index in [1.54, 1.807) is 34.8 Å². The summed E-state index contributed by atoms with van der Waals surface area (Å²) in [5, 5.41) is 23.7. The van der Waals surface area contributed by atoms with E-state index in [4.69, 9.17) is 18.9 Å². The smallest absolute Gasteiger partial charge is 0.311 e. The molecule has 10 heteroatoms. The van der Waals surface area contributed by atoms with Gasteiger partial charge in [0.1, 0.15) is 12.2 Å². The monoisotopic (exact) mass is 640 g/mol. The molecule has 10 nitrogen and oxygen atoms in total. The summed E-state index contributed by atoms with van der Waals surface area (Å²) in [6.07, 6.45) is -0.831. The molecule has 1 saturated carbocycles. The van der Waals surface area contributed by atoms with E-state index in [1.165, 1.54) is 6.92 Å². The van der Waals surface area contributed by atoms with Gasteiger partial charge in [0.15, 0.2) is 11.4 Å². The van der Waals surface area contributed by atoms with E-state index in [-0.39, 0.29) is 30.6 Å². The molecular formula is C35H64N2O8. The van der Waals surface area contributed by atoms with E-state index in [9.17, 15) is 19.8 Å². The van der Waals surface area contributed by atoms with Crippen LogP contribution >= 0.6 is 0 Å². The Labute approximate surface area is 272 Å². The maximum atomic E-state index is 13.6. The third kappa shape index (κ3) is 9.51. The fraction of sp³-hybridized carbons (Fsp3) is 0.886. The normalized spacial score (nSPS) is 43.3. The molecule has 1 heterocycles. The van der Waals surface area contributed by atoms with E-state index >= 15 is 0 Å². The van der Waals surface area contributed by atoms with Gasteiger partial charge >= 0.3 is 5.97 Å². The molecule has 262 valence electrons. The van der Waals surface area contributed by atoms with Crippen molar-refractivity contribution < 1.29 is 38.7 Å². The molecule has 1 saturated heterocycles. The summed E-state index contributed by atoms with van der Waals surface area (Å²) >= 11 is 0. The second-order valence-electron chi connectivity index (χ2n) is 15.0. The lowest BCUT2D eigenvalue weighted by Gasteiger charge is -2.48. The molecule has 0 aromatic rings. The zero-order valence-corrected chi connectivity index (χ0v) is 30.3. The molecular weight excluding hydrogens is 576 g/mol. The Morgan fingerprint density at radius 1 is 1.07 bits per heavy atom. The van der Waals surface area contributed by atoms with E-state index in [2.05, 4.69) is 18.4 Å². The van der Waals surface area contributed by atoms with Gasteiger partial charge in [-0.1, -0.05) is 34.3 Å². The van der Waals surface area contributed by atoms with Crippen molar-refractivity contribution in [2.24, 2.45) is 23.7 Å². The second kappa shape index (κ2) is 16.0. The Balaban J connectivity index is 2.65. The predicted octanol–water partition coefficient (Wildman–Crippen LogP) is 4.06. The van der Waals surface area contributed by atoms with Crippen molar-refractivity contribution in [2.45, 2.75) is 142 Å². The number of nitrogens with zero attached hydrogens (tertiary/aromatic N) is 2. The number of aliphatic hydroxyl groups is 2. The number of esters is 1. The number of ketones is 1. The molecule has 8 unspecified atom stereocenters. The van der Waals surface area contributed by atoms with Crippen LogP contribution in [0.15, 0.2) is 12.3 Å². The van der Waals surface area contributed by atoms with Crippen molar-refractivity contribution in [1.29, 1.82) is 0 Å². The highest BCUT2D eigenvalue weighted by molar-refractivity contribution is 5.92. The van der Waals surface area contributed by atoms with Crippen molar-refractivity contribution in [3.05, 3.63) is 12.3 Å². The molecule has 0 radical (unpaired) electrons. The van der Waals surface area contributed by atoms with Gasteiger partial charge in [-0.2, -0.15) is 0 Å². The molecule has 0 aromatic carbocycles. The fourth-order valence-corrected chi connectivity index (χ4v) is 7.81. The van der Waals surface area contributed by atoms with Crippen LogP contribution in [0.5, 0.6) is 0 Å². The average molecular weight is 641 g/mol. The number of carbonyl (C=O) groups excluding carboxylic acids is 2. The Hall–Kier alpha value is -1.56. The van der Waals surface area contributed by atoms with Crippen LogP contribution in [0, 0.1) is 23.7 Å². The third-order valence-electron chi connectivity index (χ3n) is 10.2. The molecule has 0 bridgehead atoms. The SMILES string of the molecule is C=C(C)O[C@H]1C(O[C@@H]2[C@@H](C)C(OC)C(C)C(=O)O[C@H](CC)C(C)(O)C(=O)C(C)N(C)C[C@H](C)CC2(C)O)CC(C)CC1N(C)C. The van der Waals surface area contributed by atoms with Crippen LogP contribution in [0.25, 0.3) is 0 Å². The number of carbonyl (C=O) groups is 2. The van der Waals surface area contributed by atoms with Gasteiger partial charge in [-0.15, -0.1) is 0 Å². The highest BCUT2D eigenvalue weighted by Gasteiger charge is 2.50. The Bertz CT molecular complexity index is 1000. The lowest BCUT2D eigenvalue weighted by molar-refractivity contribution is -0.214. The van der Waals surface area contributed by atoms with E-state index in [0.29, 0.717) is 24.6 Å². The van der Waals surface area contributed by atoms with Gasteiger partial charge in [-0.05, 0) is 93.3 Å². The van der Waals surface area contributed by atoms with Gasteiger partial charge in [0, 0.05) is 25.6 Å². The van der Waals surface area contributed by atoms with Crippen LogP contribution in [-0.2, 0) is 28.5 Å². The predicted molar refractivity (Wildman–Crippen MR) is 176 cm³/mol. The zero-order chi connectivity index (χ0) is 34.6. The summed E-state index contributed by atoms with van der Waals surface area (Å²) in [6.45, 7) is 21.0. The minimum atomic E-state index is -1.88. The van der Waals surface area contributed by atoms with Crippen molar-refractivity contribution >= 4 is 11.8 Å². The number of hydrogen-bond acceptors (Lipinski definition) is 10. The summed E-state index contributed by atoms with van der Waals surface area (Å²) in [5.74, 6) is -1.33. The summed E-state index contributed by atoms with van der Waals surface area (Å²) in [7, 11) is 7.45. The minimum absolute atomic E-state index is 0.0471. The molecule has 2 rings (SSSR count). The number of cyclic esters (lactones) is 1. The van der Waals surface area contributed by atoms with E-state index < -0.39 is 59.1 Å². The number of rotatable bonds is 7. The number of allylic oxidation sites excluding steroid dienone is 1. The van der Waals surface area contributed by atoms with Crippen LogP contribution in [0.2, 0.25) is 0 Å². The molecule has 0 aromatic heterocycles. The number of Topliss-reactive ketones (excluding diaryl/α,β-unsaturated/α-hetero) is 1. The van der Waals surface area contributed by atoms with Crippen LogP contribution in [0.4, 0.5) is 0 Å². The fourth-order valence-electron chi connectivity index (χ4n) is 7.81. The highest BCUT2D eigenvalue weighted by Crippen LogP contribution is 2.39. The van der Waals surface area contributed by atoms with Crippen molar-refractivity contribution in [3.8, 4) is 0 Å². The Morgan fingerprint density at radius 3 is 2.18 bits per heavy atom. The Morgan fingerprint density at radius 2 is 1.67 bits per heavy atom. The summed E-state index contributed by atoms with van der Waals surface area (Å²) < 4.78 is 25.2. The standard InChI is InChI=1S/C35H64N2O8/c1-15-28-35(10,41)31(38)25(8)37(13)19-22(5)18-34(9,40)32(23(6)29(42-14)24(7)33(39)45-28)44-27-17-21(4)16-26(36(11)12)30(27)43-20(2)3/h21-30,32,40-41H,2,15-19H2,1,3-14H3/t21?,22-,23+,24?,25?,26?,27?,28-,29?,30-,32-,34?,35?/m1/s1. The van der Waals surface area contributed by atoms with Gasteiger partial charge < -0.3 is 34.1 Å². The lowest BCUT2D eigenvalue weighted by Crippen LogP contribution is -2.58. The molecule has 0 amide bonds. The third-order valence-corrected chi connectivity index (χ3v) is 10.2. The highest BCUT2D eigenvalue weighted by atomic mass is 16.6. The first kappa shape index (κ1) is 39.6. The summed E-state index contributed by atoms with van der Waals surface area (Å²) in [4.78, 5) is 31.3. The van der Waals surface area contributed by atoms with Gasteiger partial charge in [-0.3, -0.25) is 14.5 Å². The average Bonchev–Trinajstić information content (AvgIpc) is 2.93. The quantitative estimate of drug-likeness (QED) is 0.312. The molecule has 2 N–H and O–H groups in total. The topological polar surface area (TPSA) is 118 Å². The Kier molecular flexibility index (Phi) is 14.1. The zero-order valence-electron chi connectivity index (χ0n) is 30.3. The molecule has 45 heavy (non-hydrogen) atoms.